The smallest absolute Gasteiger partial charge is 0.355 e. The van der Waals surface area contributed by atoms with Crippen molar-refractivity contribution >= 4 is 34.5 Å². The maximum absolute atomic E-state index is 11.7. The van der Waals surface area contributed by atoms with Crippen LogP contribution in [0.3, 0.4) is 0 Å². The summed E-state index contributed by atoms with van der Waals surface area (Å²) in [5.41, 5.74) is 0.465. The highest BCUT2D eigenvalue weighted by molar-refractivity contribution is 6.31. The minimum Gasteiger partial charge on any atom is -0.464 e. The van der Waals surface area contributed by atoms with Crippen molar-refractivity contribution in [3.8, 4) is 0 Å². The Morgan fingerprint density at radius 2 is 2.21 bits per heavy atom. The molecule has 0 saturated heterocycles. The predicted octanol–water partition coefficient (Wildman–Crippen LogP) is 1.88. The maximum Gasteiger partial charge on any atom is 0.355 e. The Balaban J connectivity index is 2.53. The molecule has 1 aromatic carbocycles. The molecule has 0 bridgehead atoms. The van der Waals surface area contributed by atoms with E-state index >= 15 is 0 Å². The summed E-state index contributed by atoms with van der Waals surface area (Å²) < 4.78 is 11.5. The van der Waals surface area contributed by atoms with Gasteiger partial charge in [0.2, 0.25) is 0 Å². The molecule has 0 aliphatic heterocycles. The molecule has 0 fully saturated rings. The minimum atomic E-state index is -0.655. The molecule has 96 valence electrons. The van der Waals surface area contributed by atoms with Crippen molar-refractivity contribution in [3.05, 3.63) is 45.3 Å². The van der Waals surface area contributed by atoms with Crippen molar-refractivity contribution in [2.45, 2.75) is 0 Å². The zero-order valence-corrected chi connectivity index (χ0v) is 10.5. The monoisotopic (exact) mass is 278 g/mol. The summed E-state index contributed by atoms with van der Waals surface area (Å²) in [7, 11) is 1.23. The van der Waals surface area contributed by atoms with Crippen LogP contribution in [-0.4, -0.2) is 22.5 Å². The second kappa shape index (κ2) is 4.10. The molecular formula is C12H7ClN2O4. The lowest BCUT2D eigenvalue weighted by atomic mass is 10.3. The third-order valence-electron chi connectivity index (χ3n) is 2.66. The Hall–Kier alpha value is -2.34. The highest BCUT2D eigenvalue weighted by atomic mass is 35.5. The van der Waals surface area contributed by atoms with Gasteiger partial charge in [0.15, 0.2) is 5.58 Å². The van der Waals surface area contributed by atoms with E-state index in [2.05, 4.69) is 9.72 Å². The third-order valence-corrected chi connectivity index (χ3v) is 2.89. The van der Waals surface area contributed by atoms with Crippen molar-refractivity contribution in [2.24, 2.45) is 0 Å². The first-order valence-corrected chi connectivity index (χ1v) is 5.68. The van der Waals surface area contributed by atoms with E-state index in [-0.39, 0.29) is 11.5 Å². The summed E-state index contributed by atoms with van der Waals surface area (Å²) in [6, 6.07) is 5.99. The first-order valence-electron chi connectivity index (χ1n) is 5.30. The second-order valence-electron chi connectivity index (χ2n) is 3.80. The number of esters is 1. The minimum absolute atomic E-state index is 0.0187. The molecule has 2 heterocycles. The number of nitrogens with zero attached hydrogens (tertiary/aromatic N) is 2. The van der Waals surface area contributed by atoms with E-state index in [9.17, 15) is 9.59 Å². The van der Waals surface area contributed by atoms with Crippen molar-refractivity contribution in [3.63, 3.8) is 0 Å². The molecule has 0 radical (unpaired) electrons. The lowest BCUT2D eigenvalue weighted by Crippen LogP contribution is -2.16. The zero-order chi connectivity index (χ0) is 13.6. The van der Waals surface area contributed by atoms with Crippen molar-refractivity contribution in [2.75, 3.05) is 7.11 Å². The van der Waals surface area contributed by atoms with E-state index in [1.165, 1.54) is 11.5 Å². The van der Waals surface area contributed by atoms with Gasteiger partial charge in [0, 0.05) is 11.1 Å². The number of ether oxygens (including phenoxy) is 1. The SMILES string of the molecule is COC(=O)c1cc(=O)nc2oc3ccc(Cl)cc3n12. The molecule has 0 unspecified atom stereocenters. The zero-order valence-electron chi connectivity index (χ0n) is 9.71. The van der Waals surface area contributed by atoms with Gasteiger partial charge in [0.25, 0.3) is 5.56 Å². The van der Waals surface area contributed by atoms with Crippen LogP contribution in [0.5, 0.6) is 0 Å². The van der Waals surface area contributed by atoms with Gasteiger partial charge in [-0.3, -0.25) is 9.20 Å². The summed E-state index contributed by atoms with van der Waals surface area (Å²) in [5.74, 6) is -0.637. The highest BCUT2D eigenvalue weighted by Crippen LogP contribution is 2.23. The number of carbonyl (C=O) groups is 1. The van der Waals surface area contributed by atoms with Gasteiger partial charge in [-0.05, 0) is 18.2 Å². The molecule has 19 heavy (non-hydrogen) atoms. The van der Waals surface area contributed by atoms with E-state index in [0.29, 0.717) is 16.1 Å². The van der Waals surface area contributed by atoms with Crippen LogP contribution in [0.25, 0.3) is 16.9 Å². The average Bonchev–Trinajstić information content (AvgIpc) is 2.74. The van der Waals surface area contributed by atoms with Crippen LogP contribution in [0.15, 0.2) is 33.5 Å². The molecule has 0 aliphatic carbocycles. The number of aromatic nitrogens is 2. The van der Waals surface area contributed by atoms with Gasteiger partial charge in [0.05, 0.1) is 12.6 Å². The van der Waals surface area contributed by atoms with Crippen molar-refractivity contribution in [1.82, 2.24) is 9.38 Å². The van der Waals surface area contributed by atoms with Crippen LogP contribution in [0.4, 0.5) is 0 Å². The van der Waals surface area contributed by atoms with Gasteiger partial charge in [-0.15, -0.1) is 0 Å². The average molecular weight is 279 g/mol. The van der Waals surface area contributed by atoms with Gasteiger partial charge in [0.1, 0.15) is 5.69 Å². The fourth-order valence-electron chi connectivity index (χ4n) is 1.87. The number of benzene rings is 1. The number of oxazole rings is 1. The number of halogens is 1. The quantitative estimate of drug-likeness (QED) is 0.635. The number of hydrogen-bond acceptors (Lipinski definition) is 5. The number of carbonyl (C=O) groups excluding carboxylic acids is 1. The van der Waals surface area contributed by atoms with Crippen LogP contribution in [-0.2, 0) is 4.74 Å². The van der Waals surface area contributed by atoms with Crippen LogP contribution in [0.2, 0.25) is 5.02 Å². The standard InChI is InChI=1S/C12H7ClN2O4/c1-18-11(17)8-5-10(16)14-12-15(8)7-4-6(13)2-3-9(7)19-12/h2-5H,1H3. The summed E-state index contributed by atoms with van der Waals surface area (Å²) >= 11 is 5.92. The summed E-state index contributed by atoms with van der Waals surface area (Å²) in [6.45, 7) is 0. The largest absolute Gasteiger partial charge is 0.464 e. The van der Waals surface area contributed by atoms with Crippen LogP contribution in [0.1, 0.15) is 10.5 Å². The first-order chi connectivity index (χ1) is 9.10. The van der Waals surface area contributed by atoms with Crippen molar-refractivity contribution < 1.29 is 13.9 Å². The van der Waals surface area contributed by atoms with Crippen LogP contribution < -0.4 is 5.56 Å². The predicted molar refractivity (Wildman–Crippen MR) is 67.6 cm³/mol. The molecule has 3 aromatic rings. The Morgan fingerprint density at radius 3 is 2.95 bits per heavy atom. The molecule has 0 aliphatic rings. The topological polar surface area (TPSA) is 73.8 Å². The van der Waals surface area contributed by atoms with Gasteiger partial charge >= 0.3 is 11.8 Å². The van der Waals surface area contributed by atoms with E-state index in [1.807, 2.05) is 0 Å². The molecule has 0 spiro atoms. The molecule has 3 rings (SSSR count). The van der Waals surface area contributed by atoms with Gasteiger partial charge in [-0.1, -0.05) is 11.6 Å². The number of methoxy groups -OCH3 is 1. The van der Waals surface area contributed by atoms with Gasteiger partial charge in [-0.2, -0.15) is 4.98 Å². The molecule has 0 amide bonds. The van der Waals surface area contributed by atoms with E-state index in [0.717, 1.165) is 6.07 Å². The van der Waals surface area contributed by atoms with Gasteiger partial charge in [-0.25, -0.2) is 4.79 Å². The van der Waals surface area contributed by atoms with Crippen LogP contribution in [0, 0.1) is 0 Å². The molecule has 2 aromatic heterocycles. The van der Waals surface area contributed by atoms with E-state index in [1.54, 1.807) is 18.2 Å². The van der Waals surface area contributed by atoms with E-state index in [4.69, 9.17) is 16.0 Å². The number of rotatable bonds is 1. The Labute approximate surface area is 111 Å². The molecule has 0 N–H and O–H groups in total. The second-order valence-corrected chi connectivity index (χ2v) is 4.24. The third kappa shape index (κ3) is 1.77. The Bertz CT molecular complexity index is 865. The molecule has 6 nitrogen and oxygen atoms in total. The fraction of sp³-hybridized carbons (Fsp3) is 0.0833. The lowest BCUT2D eigenvalue weighted by Gasteiger charge is -2.01. The lowest BCUT2D eigenvalue weighted by molar-refractivity contribution is 0.0592. The van der Waals surface area contributed by atoms with E-state index < -0.39 is 11.5 Å². The number of hydrogen-bond donors (Lipinski definition) is 0. The summed E-state index contributed by atoms with van der Waals surface area (Å²) in [4.78, 5) is 26.9. The Morgan fingerprint density at radius 1 is 1.42 bits per heavy atom. The van der Waals surface area contributed by atoms with Crippen molar-refractivity contribution in [1.29, 1.82) is 0 Å². The van der Waals surface area contributed by atoms with Gasteiger partial charge < -0.3 is 9.15 Å². The molecular weight excluding hydrogens is 272 g/mol. The summed E-state index contributed by atoms with van der Waals surface area (Å²) in [6.07, 6.45) is 0. The fourth-order valence-corrected chi connectivity index (χ4v) is 2.03. The Kier molecular flexibility index (Phi) is 2.53. The normalized spacial score (nSPS) is 11.1. The maximum atomic E-state index is 11.7. The first kappa shape index (κ1) is 11.7. The highest BCUT2D eigenvalue weighted by Gasteiger charge is 2.17. The molecule has 0 saturated carbocycles. The number of fused-ring (bicyclic) bond motifs is 3. The molecule has 7 heteroatoms. The summed E-state index contributed by atoms with van der Waals surface area (Å²) in [5, 5.41) is 0.477. The van der Waals surface area contributed by atoms with Crippen LogP contribution >= 0.6 is 11.6 Å². The molecule has 0 atom stereocenters.